The minimum absolute atomic E-state index is 0.415. The summed E-state index contributed by atoms with van der Waals surface area (Å²) in [4.78, 5) is 0. The van der Waals surface area contributed by atoms with Crippen LogP contribution in [0.1, 0.15) is 65.2 Å². The summed E-state index contributed by atoms with van der Waals surface area (Å²) < 4.78 is 5.75. The van der Waals surface area contributed by atoms with Crippen LogP contribution in [0.3, 0.4) is 0 Å². The van der Waals surface area contributed by atoms with Crippen molar-refractivity contribution in [2.45, 2.75) is 71.3 Å². The van der Waals surface area contributed by atoms with Crippen LogP contribution >= 0.6 is 0 Å². The van der Waals surface area contributed by atoms with Crippen LogP contribution in [-0.4, -0.2) is 12.7 Å². The van der Waals surface area contributed by atoms with Crippen molar-refractivity contribution in [1.82, 2.24) is 0 Å². The Morgan fingerprint density at radius 2 is 1.71 bits per heavy atom. The van der Waals surface area contributed by atoms with Crippen molar-refractivity contribution in [3.05, 3.63) is 6.92 Å². The highest BCUT2D eigenvalue weighted by Gasteiger charge is 2.05. The number of hydrogen-bond donors (Lipinski definition) is 0. The molecule has 0 aliphatic heterocycles. The highest BCUT2D eigenvalue weighted by Crippen LogP contribution is 2.11. The Hall–Kier alpha value is -0.0400. The topological polar surface area (TPSA) is 9.23 Å². The van der Waals surface area contributed by atoms with Crippen molar-refractivity contribution in [2.24, 2.45) is 0 Å². The molecule has 1 heteroatoms. The Morgan fingerprint density at radius 1 is 1.00 bits per heavy atom. The molecule has 0 aliphatic carbocycles. The van der Waals surface area contributed by atoms with Crippen molar-refractivity contribution in [3.63, 3.8) is 0 Å². The van der Waals surface area contributed by atoms with Gasteiger partial charge >= 0.3 is 0 Å². The zero-order valence-corrected chi connectivity index (χ0v) is 10.1. The average Bonchev–Trinajstić information content (AvgIpc) is 2.22. The molecule has 0 aliphatic rings. The molecule has 0 amide bonds. The van der Waals surface area contributed by atoms with Gasteiger partial charge in [0.05, 0.1) is 6.10 Å². The molecule has 0 aromatic heterocycles. The van der Waals surface area contributed by atoms with Crippen molar-refractivity contribution < 1.29 is 4.74 Å². The summed E-state index contributed by atoms with van der Waals surface area (Å²) in [5.74, 6) is 0. The second-order valence-corrected chi connectivity index (χ2v) is 3.98. The third kappa shape index (κ3) is 8.55. The van der Waals surface area contributed by atoms with Gasteiger partial charge < -0.3 is 4.74 Å². The maximum Gasteiger partial charge on any atom is 0.0575 e. The molecule has 0 heterocycles. The monoisotopic (exact) mass is 199 g/mol. The van der Waals surface area contributed by atoms with Crippen LogP contribution in [0.4, 0.5) is 0 Å². The van der Waals surface area contributed by atoms with Gasteiger partial charge in [-0.1, -0.05) is 52.9 Å². The van der Waals surface area contributed by atoms with Crippen molar-refractivity contribution >= 4 is 0 Å². The second-order valence-electron chi connectivity index (χ2n) is 3.98. The van der Waals surface area contributed by atoms with E-state index in [9.17, 15) is 0 Å². The molecule has 0 rings (SSSR count). The van der Waals surface area contributed by atoms with E-state index in [4.69, 9.17) is 4.74 Å². The maximum atomic E-state index is 5.75. The molecule has 85 valence electrons. The molecule has 0 aromatic carbocycles. The smallest absolute Gasteiger partial charge is 0.0575 e. The lowest BCUT2D eigenvalue weighted by atomic mass is 10.1. The fraction of sp³-hybridized carbons (Fsp3) is 0.923. The molecule has 0 bridgehead atoms. The lowest BCUT2D eigenvalue weighted by molar-refractivity contribution is 0.0455. The normalized spacial score (nSPS) is 13.1. The number of ether oxygens (including phenoxy) is 1. The van der Waals surface area contributed by atoms with Gasteiger partial charge in [-0.2, -0.15) is 0 Å². The molecule has 1 nitrogen and oxygen atoms in total. The van der Waals surface area contributed by atoms with E-state index in [0.717, 1.165) is 13.0 Å². The molecular formula is C13H27O. The number of rotatable bonds is 10. The first-order valence-electron chi connectivity index (χ1n) is 6.26. The van der Waals surface area contributed by atoms with Gasteiger partial charge in [0, 0.05) is 6.61 Å². The van der Waals surface area contributed by atoms with Gasteiger partial charge in [0.15, 0.2) is 0 Å². The maximum absolute atomic E-state index is 5.75. The van der Waals surface area contributed by atoms with E-state index in [2.05, 4.69) is 20.8 Å². The minimum Gasteiger partial charge on any atom is -0.378 e. The zero-order chi connectivity index (χ0) is 10.6. The summed E-state index contributed by atoms with van der Waals surface area (Å²) in [5.41, 5.74) is 0. The van der Waals surface area contributed by atoms with Gasteiger partial charge in [-0.05, 0) is 19.3 Å². The summed E-state index contributed by atoms with van der Waals surface area (Å²) in [5, 5.41) is 0. The van der Waals surface area contributed by atoms with Crippen LogP contribution < -0.4 is 0 Å². The fourth-order valence-corrected chi connectivity index (χ4v) is 1.50. The van der Waals surface area contributed by atoms with E-state index < -0.39 is 0 Å². The fourth-order valence-electron chi connectivity index (χ4n) is 1.50. The van der Waals surface area contributed by atoms with E-state index in [1.54, 1.807) is 0 Å². The Balaban J connectivity index is 3.28. The quantitative estimate of drug-likeness (QED) is 0.475. The highest BCUT2D eigenvalue weighted by molar-refractivity contribution is 4.60. The van der Waals surface area contributed by atoms with Crippen LogP contribution in [0.25, 0.3) is 0 Å². The molecule has 14 heavy (non-hydrogen) atoms. The molecule has 1 unspecified atom stereocenters. The van der Waals surface area contributed by atoms with Gasteiger partial charge in [0.1, 0.15) is 0 Å². The molecule has 0 fully saturated rings. The van der Waals surface area contributed by atoms with Crippen LogP contribution in [0.15, 0.2) is 0 Å². The predicted molar refractivity (Wildman–Crippen MR) is 63.4 cm³/mol. The van der Waals surface area contributed by atoms with Crippen LogP contribution in [0.5, 0.6) is 0 Å². The summed E-state index contributed by atoms with van der Waals surface area (Å²) in [6.45, 7) is 9.30. The molecule has 1 radical (unpaired) electrons. The summed E-state index contributed by atoms with van der Waals surface area (Å²) in [7, 11) is 0. The summed E-state index contributed by atoms with van der Waals surface area (Å²) >= 11 is 0. The van der Waals surface area contributed by atoms with Crippen LogP contribution in [0.2, 0.25) is 0 Å². The lowest BCUT2D eigenvalue weighted by Crippen LogP contribution is -2.12. The zero-order valence-electron chi connectivity index (χ0n) is 10.1. The van der Waals surface area contributed by atoms with E-state index in [1.165, 1.54) is 44.9 Å². The lowest BCUT2D eigenvalue weighted by Gasteiger charge is -2.15. The Morgan fingerprint density at radius 3 is 2.29 bits per heavy atom. The van der Waals surface area contributed by atoms with E-state index in [1.807, 2.05) is 0 Å². The average molecular weight is 199 g/mol. The Bertz CT molecular complexity index is 101. The first-order valence-corrected chi connectivity index (χ1v) is 6.26. The van der Waals surface area contributed by atoms with Crippen LogP contribution in [-0.2, 0) is 4.74 Å². The molecule has 0 N–H and O–H groups in total. The van der Waals surface area contributed by atoms with Gasteiger partial charge in [0.2, 0.25) is 0 Å². The molecule has 0 saturated carbocycles. The molecule has 0 saturated heterocycles. The third-order valence-corrected chi connectivity index (χ3v) is 2.55. The van der Waals surface area contributed by atoms with E-state index in [0.29, 0.717) is 6.10 Å². The van der Waals surface area contributed by atoms with Gasteiger partial charge in [-0.25, -0.2) is 0 Å². The molecule has 0 spiro atoms. The highest BCUT2D eigenvalue weighted by atomic mass is 16.5. The third-order valence-electron chi connectivity index (χ3n) is 2.55. The van der Waals surface area contributed by atoms with Gasteiger partial charge in [-0.3, -0.25) is 0 Å². The van der Waals surface area contributed by atoms with Gasteiger partial charge in [-0.15, -0.1) is 0 Å². The van der Waals surface area contributed by atoms with Crippen LogP contribution in [0, 0.1) is 6.92 Å². The van der Waals surface area contributed by atoms with E-state index in [-0.39, 0.29) is 0 Å². The Kier molecular flexibility index (Phi) is 11.0. The summed E-state index contributed by atoms with van der Waals surface area (Å²) in [6.07, 6.45) is 10.3. The largest absolute Gasteiger partial charge is 0.378 e. The second kappa shape index (κ2) is 11.0. The molecular weight excluding hydrogens is 172 g/mol. The van der Waals surface area contributed by atoms with Gasteiger partial charge in [0.25, 0.3) is 0 Å². The SMILES string of the molecule is [CH2]CC(CCCCCC)OCCCC. The predicted octanol–water partition coefficient (Wildman–Crippen LogP) is 4.37. The number of hydrogen-bond acceptors (Lipinski definition) is 1. The standard InChI is InChI=1S/C13H27O/c1-4-7-9-10-11-13(6-3)14-12-8-5-2/h13H,3-12H2,1-2H3. The first-order chi connectivity index (χ1) is 6.85. The number of unbranched alkanes of at least 4 members (excludes halogenated alkanes) is 4. The molecule has 1 atom stereocenters. The van der Waals surface area contributed by atoms with Crippen molar-refractivity contribution in [1.29, 1.82) is 0 Å². The van der Waals surface area contributed by atoms with E-state index >= 15 is 0 Å². The first kappa shape index (κ1) is 14.0. The van der Waals surface area contributed by atoms with Crippen molar-refractivity contribution in [3.8, 4) is 0 Å². The summed E-state index contributed by atoms with van der Waals surface area (Å²) in [6, 6.07) is 0. The molecule has 0 aromatic rings. The van der Waals surface area contributed by atoms with Crippen molar-refractivity contribution in [2.75, 3.05) is 6.61 Å². The Labute approximate surface area is 90.2 Å². The minimum atomic E-state index is 0.415.